The molecule has 11 heteroatoms. The Morgan fingerprint density at radius 3 is 2.38 bits per heavy atom. The first kappa shape index (κ1) is 26.1. The Morgan fingerprint density at radius 2 is 1.70 bits per heavy atom. The third-order valence-electron chi connectivity index (χ3n) is 5.21. The van der Waals surface area contributed by atoms with Gasteiger partial charge in [0.2, 0.25) is 0 Å². The van der Waals surface area contributed by atoms with Crippen LogP contribution < -0.4 is 19.6 Å². The van der Waals surface area contributed by atoms with Crippen LogP contribution in [0.5, 0.6) is 17.2 Å². The fourth-order valence-electron chi connectivity index (χ4n) is 3.39. The van der Waals surface area contributed by atoms with E-state index in [0.717, 1.165) is 22.6 Å². The van der Waals surface area contributed by atoms with Crippen LogP contribution in [0.3, 0.4) is 0 Å². The van der Waals surface area contributed by atoms with Gasteiger partial charge in [-0.2, -0.15) is 5.10 Å². The molecule has 3 aromatic carbocycles. The summed E-state index contributed by atoms with van der Waals surface area (Å²) in [5, 5.41) is 13.9. The number of hydrogen-bond acceptors (Lipinski definition) is 8. The summed E-state index contributed by atoms with van der Waals surface area (Å²) < 4.78 is 17.6. The summed E-state index contributed by atoms with van der Waals surface area (Å²) in [7, 11) is 4.74. The number of rotatable bonds is 10. The maximum absolute atomic E-state index is 12.5. The van der Waals surface area contributed by atoms with Crippen molar-refractivity contribution < 1.29 is 19.0 Å². The molecule has 0 bridgehead atoms. The highest BCUT2D eigenvalue weighted by molar-refractivity contribution is 7.99. The van der Waals surface area contributed by atoms with Gasteiger partial charge in [-0.25, -0.2) is 5.43 Å². The number of carbonyl (C=O) groups is 1. The molecule has 9 nitrogen and oxygen atoms in total. The lowest BCUT2D eigenvalue weighted by atomic mass is 10.2. The quantitative estimate of drug-likeness (QED) is 0.175. The fraction of sp³-hybridized carbons (Fsp3) is 0.154. The predicted molar refractivity (Wildman–Crippen MR) is 144 cm³/mol. The van der Waals surface area contributed by atoms with Crippen molar-refractivity contribution in [3.05, 3.63) is 77.3 Å². The Bertz CT molecular complexity index is 1390. The summed E-state index contributed by atoms with van der Waals surface area (Å²) >= 11 is 7.34. The van der Waals surface area contributed by atoms with Gasteiger partial charge < -0.3 is 14.2 Å². The number of amides is 1. The van der Waals surface area contributed by atoms with Gasteiger partial charge in [0.1, 0.15) is 5.75 Å². The first-order valence-electron chi connectivity index (χ1n) is 11.0. The van der Waals surface area contributed by atoms with E-state index in [1.54, 1.807) is 51.7 Å². The zero-order valence-corrected chi connectivity index (χ0v) is 21.9. The van der Waals surface area contributed by atoms with Crippen molar-refractivity contribution in [3.8, 4) is 34.3 Å². The van der Waals surface area contributed by atoms with Crippen LogP contribution in [0.15, 0.2) is 77.0 Å². The van der Waals surface area contributed by atoms with Crippen LogP contribution in [0.1, 0.15) is 5.56 Å². The highest BCUT2D eigenvalue weighted by Crippen LogP contribution is 2.30. The zero-order chi connectivity index (χ0) is 26.2. The van der Waals surface area contributed by atoms with E-state index < -0.39 is 0 Å². The van der Waals surface area contributed by atoms with Crippen LogP contribution in [0.4, 0.5) is 0 Å². The SMILES string of the molecule is COc1ccc(-c2nnc(SCC(=O)N/N=C\c3ccc(OC)c(OC)c3)n2-c2ccc(Cl)cc2)cc1. The van der Waals surface area contributed by atoms with Gasteiger partial charge in [-0.15, -0.1) is 10.2 Å². The molecule has 0 atom stereocenters. The third kappa shape index (κ3) is 6.41. The van der Waals surface area contributed by atoms with Gasteiger partial charge in [0.25, 0.3) is 5.91 Å². The van der Waals surface area contributed by atoms with Gasteiger partial charge in [0, 0.05) is 16.3 Å². The minimum Gasteiger partial charge on any atom is -0.497 e. The summed E-state index contributed by atoms with van der Waals surface area (Å²) in [5.41, 5.74) is 4.94. The number of halogens is 1. The molecule has 0 aliphatic rings. The first-order valence-corrected chi connectivity index (χ1v) is 12.4. The topological polar surface area (TPSA) is 99.9 Å². The molecule has 0 spiro atoms. The Kier molecular flexibility index (Phi) is 8.65. The van der Waals surface area contributed by atoms with Gasteiger partial charge in [0.05, 0.1) is 33.3 Å². The average molecular weight is 538 g/mol. The van der Waals surface area contributed by atoms with Crippen molar-refractivity contribution in [2.24, 2.45) is 5.10 Å². The van der Waals surface area contributed by atoms with E-state index in [0.29, 0.717) is 27.5 Å². The largest absolute Gasteiger partial charge is 0.497 e. The Hall–Kier alpha value is -4.02. The summed E-state index contributed by atoms with van der Waals surface area (Å²) in [6.45, 7) is 0. The smallest absolute Gasteiger partial charge is 0.250 e. The van der Waals surface area contributed by atoms with Crippen LogP contribution in [-0.4, -0.2) is 54.0 Å². The molecule has 37 heavy (non-hydrogen) atoms. The number of nitrogens with one attached hydrogen (secondary N) is 1. The lowest BCUT2D eigenvalue weighted by Crippen LogP contribution is -2.20. The van der Waals surface area contributed by atoms with Gasteiger partial charge in [-0.3, -0.25) is 9.36 Å². The van der Waals surface area contributed by atoms with Crippen molar-refractivity contribution in [2.75, 3.05) is 27.1 Å². The minimum absolute atomic E-state index is 0.0810. The van der Waals surface area contributed by atoms with Crippen molar-refractivity contribution in [2.45, 2.75) is 5.16 Å². The highest BCUT2D eigenvalue weighted by atomic mass is 35.5. The van der Waals surface area contributed by atoms with Gasteiger partial charge in [-0.1, -0.05) is 23.4 Å². The maximum Gasteiger partial charge on any atom is 0.250 e. The molecule has 1 aromatic heterocycles. The lowest BCUT2D eigenvalue weighted by molar-refractivity contribution is -0.118. The molecule has 190 valence electrons. The van der Waals surface area contributed by atoms with E-state index >= 15 is 0 Å². The summed E-state index contributed by atoms with van der Waals surface area (Å²) in [6.07, 6.45) is 1.53. The molecular formula is C26H24ClN5O4S. The van der Waals surface area contributed by atoms with Gasteiger partial charge in [0.15, 0.2) is 22.5 Å². The molecule has 0 radical (unpaired) electrons. The summed E-state index contributed by atoms with van der Waals surface area (Å²) in [4.78, 5) is 12.5. The molecule has 0 unspecified atom stereocenters. The number of carbonyl (C=O) groups excluding carboxylic acids is 1. The van der Waals surface area contributed by atoms with Crippen LogP contribution in [0, 0.1) is 0 Å². The van der Waals surface area contributed by atoms with Crippen LogP contribution in [0.2, 0.25) is 5.02 Å². The number of nitrogens with zero attached hydrogens (tertiary/aromatic N) is 4. The monoisotopic (exact) mass is 537 g/mol. The average Bonchev–Trinajstić information content (AvgIpc) is 3.36. The van der Waals surface area contributed by atoms with E-state index in [2.05, 4.69) is 20.7 Å². The van der Waals surface area contributed by atoms with Crippen molar-refractivity contribution in [1.82, 2.24) is 20.2 Å². The van der Waals surface area contributed by atoms with E-state index in [9.17, 15) is 4.79 Å². The predicted octanol–water partition coefficient (Wildman–Crippen LogP) is 4.86. The summed E-state index contributed by atoms with van der Waals surface area (Å²) in [5.74, 6) is 2.33. The lowest BCUT2D eigenvalue weighted by Gasteiger charge is -2.11. The number of hydrogen-bond donors (Lipinski definition) is 1. The van der Waals surface area contributed by atoms with E-state index in [4.69, 9.17) is 25.8 Å². The van der Waals surface area contributed by atoms with Crippen molar-refractivity contribution >= 4 is 35.5 Å². The molecule has 0 saturated carbocycles. The van der Waals surface area contributed by atoms with Crippen LogP contribution in [0.25, 0.3) is 17.1 Å². The maximum atomic E-state index is 12.5. The molecule has 0 saturated heterocycles. The standard InChI is InChI=1S/C26H24ClN5O4S/c1-34-21-11-5-18(6-12-21)25-30-31-26(32(25)20-9-7-19(27)8-10-20)37-16-24(33)29-28-15-17-4-13-22(35-2)23(14-17)36-3/h4-15H,16H2,1-3H3,(H,29,33)/b28-15-. The van der Waals surface area contributed by atoms with Crippen molar-refractivity contribution in [1.29, 1.82) is 0 Å². The number of benzene rings is 3. The van der Waals surface area contributed by atoms with E-state index in [1.165, 1.54) is 18.0 Å². The van der Waals surface area contributed by atoms with Crippen LogP contribution in [-0.2, 0) is 4.79 Å². The second-order valence-electron chi connectivity index (χ2n) is 7.54. The molecule has 0 fully saturated rings. The Morgan fingerprint density at radius 1 is 0.973 bits per heavy atom. The minimum atomic E-state index is -0.293. The molecule has 4 rings (SSSR count). The van der Waals surface area contributed by atoms with Gasteiger partial charge >= 0.3 is 0 Å². The molecule has 1 heterocycles. The fourth-order valence-corrected chi connectivity index (χ4v) is 4.26. The molecule has 1 N–H and O–H groups in total. The van der Waals surface area contributed by atoms with E-state index in [1.807, 2.05) is 41.0 Å². The second-order valence-corrected chi connectivity index (χ2v) is 8.92. The Balaban J connectivity index is 1.48. The van der Waals surface area contributed by atoms with Crippen molar-refractivity contribution in [3.63, 3.8) is 0 Å². The number of ether oxygens (including phenoxy) is 3. The summed E-state index contributed by atoms with van der Waals surface area (Å²) in [6, 6.07) is 20.2. The van der Waals surface area contributed by atoms with E-state index in [-0.39, 0.29) is 11.7 Å². The molecule has 0 aliphatic carbocycles. The molecule has 1 amide bonds. The number of thioether (sulfide) groups is 1. The Labute approximate surface area is 223 Å². The third-order valence-corrected chi connectivity index (χ3v) is 6.39. The highest BCUT2D eigenvalue weighted by Gasteiger charge is 2.17. The molecular weight excluding hydrogens is 514 g/mol. The normalized spacial score (nSPS) is 10.9. The first-order chi connectivity index (χ1) is 18.0. The number of aromatic nitrogens is 3. The second kappa shape index (κ2) is 12.3. The zero-order valence-electron chi connectivity index (χ0n) is 20.3. The molecule has 0 aliphatic heterocycles. The van der Waals surface area contributed by atoms with Crippen LogP contribution >= 0.6 is 23.4 Å². The molecule has 4 aromatic rings. The number of hydrazone groups is 1. The van der Waals surface area contributed by atoms with Gasteiger partial charge in [-0.05, 0) is 72.3 Å². The number of methoxy groups -OCH3 is 3.